The fourth-order valence-electron chi connectivity index (χ4n) is 4.13. The first kappa shape index (κ1) is 18.8. The summed E-state index contributed by atoms with van der Waals surface area (Å²) < 4.78 is 5.15. The number of thiophene rings is 1. The van der Waals surface area contributed by atoms with Gasteiger partial charge in [-0.05, 0) is 49.4 Å². The van der Waals surface area contributed by atoms with E-state index in [2.05, 4.69) is 6.07 Å². The second-order valence-electron chi connectivity index (χ2n) is 7.27. The minimum absolute atomic E-state index is 0.130. The van der Waals surface area contributed by atoms with E-state index in [1.54, 1.807) is 42.5 Å². The Morgan fingerprint density at radius 3 is 2.50 bits per heavy atom. The summed E-state index contributed by atoms with van der Waals surface area (Å²) in [6.45, 7) is 5.11. The molecule has 0 fully saturated rings. The van der Waals surface area contributed by atoms with E-state index in [0.29, 0.717) is 24.3 Å². The number of hydrogen-bond donors (Lipinski definition) is 0. The lowest BCUT2D eigenvalue weighted by Crippen LogP contribution is -2.56. The molecule has 0 N–H and O–H groups in total. The lowest BCUT2D eigenvalue weighted by Gasteiger charge is -2.45. The fourth-order valence-corrected chi connectivity index (χ4v) is 5.27. The number of esters is 1. The van der Waals surface area contributed by atoms with Crippen LogP contribution in [0.2, 0.25) is 0 Å². The summed E-state index contributed by atoms with van der Waals surface area (Å²) in [5.41, 5.74) is 1.46. The zero-order valence-electron chi connectivity index (χ0n) is 15.9. The van der Waals surface area contributed by atoms with Crippen molar-refractivity contribution in [2.24, 2.45) is 0 Å². The first-order valence-corrected chi connectivity index (χ1v) is 10.3. The van der Waals surface area contributed by atoms with Gasteiger partial charge in [0.1, 0.15) is 0 Å². The second kappa shape index (κ2) is 7.14. The Morgan fingerprint density at radius 2 is 1.86 bits per heavy atom. The third-order valence-corrected chi connectivity index (χ3v) is 6.76. The van der Waals surface area contributed by atoms with Crippen molar-refractivity contribution < 1.29 is 19.1 Å². The molecule has 1 atom stereocenters. The van der Waals surface area contributed by atoms with Gasteiger partial charge in [0.15, 0.2) is 0 Å². The minimum Gasteiger partial charge on any atom is -0.465 e. The van der Waals surface area contributed by atoms with Crippen molar-refractivity contribution in [3.8, 4) is 0 Å². The van der Waals surface area contributed by atoms with Crippen molar-refractivity contribution in [1.29, 1.82) is 0 Å². The molecule has 28 heavy (non-hydrogen) atoms. The highest BCUT2D eigenvalue weighted by atomic mass is 32.1. The Balaban J connectivity index is 1.68. The van der Waals surface area contributed by atoms with Gasteiger partial charge in [-0.25, -0.2) is 0 Å². The predicted octanol–water partition coefficient (Wildman–Crippen LogP) is 2.68. The molecule has 0 spiro atoms. The minimum atomic E-state index is -0.637. The molecule has 1 aromatic carbocycles. The molecule has 3 heterocycles. The van der Waals surface area contributed by atoms with E-state index in [1.807, 2.05) is 17.2 Å². The van der Waals surface area contributed by atoms with E-state index in [-0.39, 0.29) is 30.9 Å². The molecule has 0 saturated carbocycles. The summed E-state index contributed by atoms with van der Waals surface area (Å²) in [5.74, 6) is -0.848. The number of rotatable bonds is 5. The molecule has 0 bridgehead atoms. The normalized spacial score (nSPS) is 21.6. The first-order chi connectivity index (χ1) is 13.5. The number of benzene rings is 1. The molecule has 4 rings (SSSR count). The quantitative estimate of drug-likeness (QED) is 0.572. The fraction of sp³-hybridized carbons (Fsp3) is 0.381. The number of nitrogens with zero attached hydrogens (tertiary/aromatic N) is 2. The predicted molar refractivity (Wildman–Crippen MR) is 105 cm³/mol. The van der Waals surface area contributed by atoms with Gasteiger partial charge in [-0.3, -0.25) is 24.2 Å². The lowest BCUT2D eigenvalue weighted by molar-refractivity contribution is -0.146. The van der Waals surface area contributed by atoms with Gasteiger partial charge >= 0.3 is 5.97 Å². The largest absolute Gasteiger partial charge is 0.465 e. The van der Waals surface area contributed by atoms with Gasteiger partial charge in [0.25, 0.3) is 11.8 Å². The van der Waals surface area contributed by atoms with Gasteiger partial charge in [0, 0.05) is 11.4 Å². The molecule has 146 valence electrons. The van der Waals surface area contributed by atoms with Gasteiger partial charge < -0.3 is 4.74 Å². The van der Waals surface area contributed by atoms with E-state index in [9.17, 15) is 14.4 Å². The number of imide groups is 1. The maximum absolute atomic E-state index is 12.9. The van der Waals surface area contributed by atoms with Gasteiger partial charge in [-0.2, -0.15) is 0 Å². The summed E-state index contributed by atoms with van der Waals surface area (Å²) in [5, 5.41) is 2.03. The third kappa shape index (κ3) is 2.95. The van der Waals surface area contributed by atoms with Crippen molar-refractivity contribution >= 4 is 29.1 Å². The topological polar surface area (TPSA) is 66.9 Å². The molecule has 1 unspecified atom stereocenters. The average molecular weight is 398 g/mol. The van der Waals surface area contributed by atoms with Crippen LogP contribution in [0.5, 0.6) is 0 Å². The van der Waals surface area contributed by atoms with E-state index in [0.717, 1.165) is 11.3 Å². The SMILES string of the molecule is CCOC(=O)CN1CCc2ccsc2C1(C)CN1C(=O)c2ccccc2C1=O. The molecule has 0 saturated heterocycles. The molecule has 7 heteroatoms. The number of hydrogen-bond acceptors (Lipinski definition) is 6. The number of carbonyl (C=O) groups is 3. The summed E-state index contributed by atoms with van der Waals surface area (Å²) in [4.78, 5) is 42.4. The number of carbonyl (C=O) groups excluding carboxylic acids is 3. The maximum atomic E-state index is 12.9. The van der Waals surface area contributed by atoms with Crippen LogP contribution in [0.15, 0.2) is 35.7 Å². The van der Waals surface area contributed by atoms with Crippen LogP contribution < -0.4 is 0 Å². The Kier molecular flexibility index (Phi) is 4.81. The van der Waals surface area contributed by atoms with Crippen LogP contribution in [-0.2, 0) is 21.5 Å². The molecule has 6 nitrogen and oxygen atoms in total. The van der Waals surface area contributed by atoms with Gasteiger partial charge in [-0.15, -0.1) is 11.3 Å². The zero-order chi connectivity index (χ0) is 19.9. The van der Waals surface area contributed by atoms with E-state index >= 15 is 0 Å². The highest BCUT2D eigenvalue weighted by molar-refractivity contribution is 7.10. The molecule has 0 aliphatic carbocycles. The van der Waals surface area contributed by atoms with Gasteiger partial charge in [-0.1, -0.05) is 12.1 Å². The number of fused-ring (bicyclic) bond motifs is 2. The molecule has 2 aromatic rings. The van der Waals surface area contributed by atoms with Crippen LogP contribution in [0.1, 0.15) is 45.0 Å². The Hall–Kier alpha value is -2.51. The van der Waals surface area contributed by atoms with Crippen LogP contribution in [0.4, 0.5) is 0 Å². The lowest BCUT2D eigenvalue weighted by atomic mass is 9.88. The van der Waals surface area contributed by atoms with Crippen molar-refractivity contribution in [2.45, 2.75) is 25.8 Å². The van der Waals surface area contributed by atoms with Gasteiger partial charge in [0.05, 0.1) is 36.4 Å². The second-order valence-corrected chi connectivity index (χ2v) is 8.18. The summed E-state index contributed by atoms with van der Waals surface area (Å²) in [6.07, 6.45) is 0.829. The first-order valence-electron chi connectivity index (χ1n) is 9.38. The zero-order valence-corrected chi connectivity index (χ0v) is 16.8. The highest BCUT2D eigenvalue weighted by Gasteiger charge is 2.46. The molecule has 0 radical (unpaired) electrons. The molecular formula is C21H22N2O4S. The van der Waals surface area contributed by atoms with E-state index in [1.165, 1.54) is 10.5 Å². The molecular weight excluding hydrogens is 376 g/mol. The summed E-state index contributed by atoms with van der Waals surface area (Å²) >= 11 is 1.60. The number of amides is 2. The number of ether oxygens (including phenoxy) is 1. The summed E-state index contributed by atoms with van der Waals surface area (Å²) in [7, 11) is 0. The summed E-state index contributed by atoms with van der Waals surface area (Å²) in [6, 6.07) is 8.99. The monoisotopic (exact) mass is 398 g/mol. The van der Waals surface area contributed by atoms with Crippen molar-refractivity contribution in [3.63, 3.8) is 0 Å². The molecule has 2 aliphatic rings. The third-order valence-electron chi connectivity index (χ3n) is 5.55. The van der Waals surface area contributed by atoms with Gasteiger partial charge in [0.2, 0.25) is 0 Å². The molecule has 2 aliphatic heterocycles. The standard InChI is InChI=1S/C21H22N2O4S/c1-3-27-17(24)12-22-10-8-14-9-11-28-18(14)21(22,2)13-23-19(25)15-6-4-5-7-16(15)20(23)26/h4-7,9,11H,3,8,10,12-13H2,1-2H3. The Morgan fingerprint density at radius 1 is 1.18 bits per heavy atom. The van der Waals surface area contributed by atoms with Crippen molar-refractivity contribution in [1.82, 2.24) is 9.80 Å². The smallest absolute Gasteiger partial charge is 0.320 e. The molecule has 2 amide bonds. The van der Waals surface area contributed by atoms with Crippen LogP contribution in [0.3, 0.4) is 0 Å². The van der Waals surface area contributed by atoms with E-state index in [4.69, 9.17) is 4.74 Å². The Labute approximate surface area is 167 Å². The van der Waals surface area contributed by atoms with E-state index < -0.39 is 5.54 Å². The van der Waals surface area contributed by atoms with Crippen LogP contribution in [-0.4, -0.2) is 53.8 Å². The van der Waals surface area contributed by atoms with Crippen molar-refractivity contribution in [3.05, 3.63) is 57.3 Å². The van der Waals surface area contributed by atoms with Crippen LogP contribution >= 0.6 is 11.3 Å². The van der Waals surface area contributed by atoms with Crippen molar-refractivity contribution in [2.75, 3.05) is 26.2 Å². The van der Waals surface area contributed by atoms with Crippen LogP contribution in [0.25, 0.3) is 0 Å². The highest BCUT2D eigenvalue weighted by Crippen LogP contribution is 2.40. The van der Waals surface area contributed by atoms with Crippen LogP contribution in [0, 0.1) is 0 Å². The maximum Gasteiger partial charge on any atom is 0.320 e. The average Bonchev–Trinajstić information content (AvgIpc) is 3.25. The molecule has 1 aromatic heterocycles. The Bertz CT molecular complexity index is 918.